The number of halogens is 2. The Morgan fingerprint density at radius 2 is 2.07 bits per heavy atom. The van der Waals surface area contributed by atoms with E-state index in [1.165, 1.54) is 12.1 Å². The van der Waals surface area contributed by atoms with E-state index in [0.717, 1.165) is 6.42 Å². The summed E-state index contributed by atoms with van der Waals surface area (Å²) in [6.07, 6.45) is 3.91. The van der Waals surface area contributed by atoms with Crippen molar-refractivity contribution in [2.24, 2.45) is 0 Å². The molecule has 1 aromatic heterocycles. The Bertz CT molecular complexity index is 373. The Hall–Kier alpha value is -1.13. The molecule has 1 aromatic rings. The van der Waals surface area contributed by atoms with E-state index >= 15 is 0 Å². The highest BCUT2D eigenvalue weighted by Gasteiger charge is 2.03. The number of allylic oxidation sites excluding steroid dienone is 1. The van der Waals surface area contributed by atoms with E-state index < -0.39 is 0 Å². The fourth-order valence-electron chi connectivity index (χ4n) is 0.823. The van der Waals surface area contributed by atoms with Crippen molar-refractivity contribution < 1.29 is 4.79 Å². The average Bonchev–Trinajstić information content (AvgIpc) is 2.13. The van der Waals surface area contributed by atoms with Crippen LogP contribution in [0.4, 0.5) is 5.95 Å². The van der Waals surface area contributed by atoms with Crippen LogP contribution < -0.4 is 5.32 Å². The molecule has 4 nitrogen and oxygen atoms in total. The van der Waals surface area contributed by atoms with Crippen molar-refractivity contribution in [3.63, 3.8) is 0 Å². The third-order valence-electron chi connectivity index (χ3n) is 1.40. The van der Waals surface area contributed by atoms with Crippen LogP contribution in [0.5, 0.6) is 0 Å². The molecule has 1 amide bonds. The van der Waals surface area contributed by atoms with Crippen molar-refractivity contribution in [1.29, 1.82) is 0 Å². The van der Waals surface area contributed by atoms with Crippen LogP contribution in [0.15, 0.2) is 18.2 Å². The smallest absolute Gasteiger partial charge is 0.250 e. The second-order valence-corrected chi connectivity index (χ2v) is 3.41. The van der Waals surface area contributed by atoms with Gasteiger partial charge in [-0.2, -0.15) is 0 Å². The Labute approximate surface area is 97.3 Å². The van der Waals surface area contributed by atoms with Gasteiger partial charge in [-0.3, -0.25) is 10.1 Å². The van der Waals surface area contributed by atoms with Crippen molar-refractivity contribution in [1.82, 2.24) is 9.97 Å². The summed E-state index contributed by atoms with van der Waals surface area (Å²) < 4.78 is 0. The van der Waals surface area contributed by atoms with E-state index in [1.54, 1.807) is 6.08 Å². The summed E-state index contributed by atoms with van der Waals surface area (Å²) in [4.78, 5) is 18.8. The fraction of sp³-hybridized carbons (Fsp3) is 0.222. The zero-order valence-corrected chi connectivity index (χ0v) is 9.51. The fourth-order valence-corrected chi connectivity index (χ4v) is 1.25. The van der Waals surface area contributed by atoms with E-state index in [2.05, 4.69) is 15.3 Å². The van der Waals surface area contributed by atoms with Crippen LogP contribution in [0.3, 0.4) is 0 Å². The summed E-state index contributed by atoms with van der Waals surface area (Å²) in [6.45, 7) is 1.93. The van der Waals surface area contributed by atoms with Crippen LogP contribution in [-0.4, -0.2) is 15.9 Å². The monoisotopic (exact) mass is 245 g/mol. The molecule has 0 aromatic carbocycles. The molecule has 1 N–H and O–H groups in total. The number of carbonyl (C=O) groups excluding carboxylic acids is 1. The van der Waals surface area contributed by atoms with Gasteiger partial charge in [0.2, 0.25) is 11.9 Å². The number of nitrogens with zero attached hydrogens (tertiary/aromatic N) is 2. The van der Waals surface area contributed by atoms with E-state index in [0.29, 0.717) is 0 Å². The molecule has 0 radical (unpaired) electrons. The van der Waals surface area contributed by atoms with Gasteiger partial charge in [-0.05, 0) is 12.5 Å². The quantitative estimate of drug-likeness (QED) is 0.658. The van der Waals surface area contributed by atoms with Gasteiger partial charge in [-0.25, -0.2) is 9.97 Å². The molecule has 0 aliphatic carbocycles. The summed E-state index contributed by atoms with van der Waals surface area (Å²) in [5.41, 5.74) is 0. The Kier molecular flexibility index (Phi) is 4.52. The second kappa shape index (κ2) is 5.68. The molecule has 0 fully saturated rings. The van der Waals surface area contributed by atoms with Crippen LogP contribution in [-0.2, 0) is 4.79 Å². The predicted octanol–water partition coefficient (Wildman–Crippen LogP) is 2.69. The van der Waals surface area contributed by atoms with E-state index in [1.807, 2.05) is 6.92 Å². The van der Waals surface area contributed by atoms with Crippen LogP contribution in [0.25, 0.3) is 0 Å². The summed E-state index contributed by atoms with van der Waals surface area (Å²) in [5.74, 6) is -0.214. The minimum Gasteiger partial charge on any atom is -0.291 e. The topological polar surface area (TPSA) is 54.9 Å². The van der Waals surface area contributed by atoms with Crippen molar-refractivity contribution in [3.8, 4) is 0 Å². The maximum absolute atomic E-state index is 11.2. The molecule has 0 saturated carbocycles. The van der Waals surface area contributed by atoms with Gasteiger partial charge in [0.15, 0.2) is 0 Å². The zero-order valence-electron chi connectivity index (χ0n) is 8.00. The molecule has 1 rings (SSSR count). The number of rotatable bonds is 3. The van der Waals surface area contributed by atoms with E-state index in [9.17, 15) is 4.79 Å². The standard InChI is InChI=1S/C9H9Cl2N3O/c1-2-3-4-8(15)14-9-12-6(10)5-7(11)13-9/h3-5H,2H2,1H3,(H,12,13,14,15)/b4-3+. The van der Waals surface area contributed by atoms with Gasteiger partial charge < -0.3 is 0 Å². The first kappa shape index (κ1) is 11.9. The molecule has 0 bridgehead atoms. The third kappa shape index (κ3) is 4.27. The van der Waals surface area contributed by atoms with E-state index in [-0.39, 0.29) is 22.2 Å². The maximum atomic E-state index is 11.2. The van der Waals surface area contributed by atoms with Crippen LogP contribution >= 0.6 is 23.2 Å². The second-order valence-electron chi connectivity index (χ2n) is 2.64. The van der Waals surface area contributed by atoms with E-state index in [4.69, 9.17) is 23.2 Å². The maximum Gasteiger partial charge on any atom is 0.250 e. The molecule has 0 aliphatic rings. The van der Waals surface area contributed by atoms with Crippen molar-refractivity contribution in [2.45, 2.75) is 13.3 Å². The van der Waals surface area contributed by atoms with Crippen LogP contribution in [0.2, 0.25) is 10.3 Å². The summed E-state index contributed by atoms with van der Waals surface area (Å²) >= 11 is 11.3. The number of anilines is 1. The minimum atomic E-state index is -0.310. The molecular formula is C9H9Cl2N3O. The molecule has 0 aliphatic heterocycles. The lowest BCUT2D eigenvalue weighted by Crippen LogP contribution is -2.10. The summed E-state index contributed by atoms with van der Waals surface area (Å²) in [6, 6.07) is 1.39. The largest absolute Gasteiger partial charge is 0.291 e. The SMILES string of the molecule is CC/C=C/C(=O)Nc1nc(Cl)cc(Cl)n1. The summed E-state index contributed by atoms with van der Waals surface area (Å²) in [7, 11) is 0. The highest BCUT2D eigenvalue weighted by molar-refractivity contribution is 6.33. The Morgan fingerprint density at radius 1 is 1.47 bits per heavy atom. The first-order chi connectivity index (χ1) is 7.11. The van der Waals surface area contributed by atoms with Gasteiger partial charge in [0, 0.05) is 6.07 Å². The van der Waals surface area contributed by atoms with Gasteiger partial charge in [-0.15, -0.1) is 0 Å². The van der Waals surface area contributed by atoms with Gasteiger partial charge in [0.05, 0.1) is 0 Å². The molecule has 80 valence electrons. The highest BCUT2D eigenvalue weighted by atomic mass is 35.5. The lowest BCUT2D eigenvalue weighted by atomic mass is 10.4. The molecular weight excluding hydrogens is 237 g/mol. The van der Waals surface area contributed by atoms with Gasteiger partial charge in [0.1, 0.15) is 10.3 Å². The molecule has 0 saturated heterocycles. The van der Waals surface area contributed by atoms with Crippen molar-refractivity contribution in [2.75, 3.05) is 5.32 Å². The Balaban J connectivity index is 2.72. The molecule has 0 spiro atoms. The number of hydrogen-bond acceptors (Lipinski definition) is 3. The molecule has 6 heteroatoms. The first-order valence-corrected chi connectivity index (χ1v) is 5.05. The molecule has 0 atom stereocenters. The van der Waals surface area contributed by atoms with Gasteiger partial charge in [-0.1, -0.05) is 36.2 Å². The predicted molar refractivity (Wildman–Crippen MR) is 60.1 cm³/mol. The van der Waals surface area contributed by atoms with Crippen LogP contribution in [0.1, 0.15) is 13.3 Å². The van der Waals surface area contributed by atoms with Crippen molar-refractivity contribution >= 4 is 35.1 Å². The number of carbonyl (C=O) groups is 1. The minimum absolute atomic E-state index is 0.0956. The molecule has 1 heterocycles. The third-order valence-corrected chi connectivity index (χ3v) is 1.79. The number of aromatic nitrogens is 2. The lowest BCUT2D eigenvalue weighted by Gasteiger charge is -2.00. The molecule has 0 unspecified atom stereocenters. The van der Waals surface area contributed by atoms with Crippen molar-refractivity contribution in [3.05, 3.63) is 28.5 Å². The zero-order chi connectivity index (χ0) is 11.3. The number of hydrogen-bond donors (Lipinski definition) is 1. The van der Waals surface area contributed by atoms with Gasteiger partial charge in [0.25, 0.3) is 0 Å². The Morgan fingerprint density at radius 3 is 2.60 bits per heavy atom. The lowest BCUT2D eigenvalue weighted by molar-refractivity contribution is -0.112. The molecule has 15 heavy (non-hydrogen) atoms. The number of amides is 1. The normalized spacial score (nSPS) is 10.6. The first-order valence-electron chi connectivity index (χ1n) is 4.29. The number of nitrogens with one attached hydrogen (secondary N) is 1. The summed E-state index contributed by atoms with van der Waals surface area (Å²) in [5, 5.41) is 2.81. The van der Waals surface area contributed by atoms with Crippen LogP contribution in [0, 0.1) is 0 Å². The average molecular weight is 246 g/mol. The highest BCUT2D eigenvalue weighted by Crippen LogP contribution is 2.13. The van der Waals surface area contributed by atoms with Gasteiger partial charge >= 0.3 is 0 Å².